The number of hydrogen-bond acceptors (Lipinski definition) is 1. The standard InChI is InChI=1S/C14H21F2N/c1-11(2)10-12-4-6-13(7-5-12)14(15,16)8-9-17-3/h4-7,11,17H,8-10H2,1-3H3. The molecule has 0 aromatic heterocycles. The van der Waals surface area contributed by atoms with E-state index in [9.17, 15) is 8.78 Å². The minimum Gasteiger partial charge on any atom is -0.320 e. The fraction of sp³-hybridized carbons (Fsp3) is 0.571. The van der Waals surface area contributed by atoms with Gasteiger partial charge in [-0.2, -0.15) is 0 Å². The second-order valence-electron chi connectivity index (χ2n) is 4.85. The molecule has 0 aliphatic heterocycles. The van der Waals surface area contributed by atoms with Gasteiger partial charge in [-0.25, -0.2) is 8.78 Å². The highest BCUT2D eigenvalue weighted by atomic mass is 19.3. The van der Waals surface area contributed by atoms with Crippen LogP contribution in [0.5, 0.6) is 0 Å². The summed E-state index contributed by atoms with van der Waals surface area (Å²) in [4.78, 5) is 0. The molecule has 1 nitrogen and oxygen atoms in total. The Balaban J connectivity index is 2.72. The highest BCUT2D eigenvalue weighted by molar-refractivity contribution is 5.26. The molecule has 96 valence electrons. The zero-order valence-electron chi connectivity index (χ0n) is 10.8. The number of nitrogens with one attached hydrogen (secondary N) is 1. The van der Waals surface area contributed by atoms with Gasteiger partial charge in [0.05, 0.1) is 0 Å². The lowest BCUT2D eigenvalue weighted by Gasteiger charge is -2.17. The molecule has 0 aliphatic rings. The van der Waals surface area contributed by atoms with Gasteiger partial charge in [0, 0.05) is 18.5 Å². The molecule has 1 N–H and O–H groups in total. The van der Waals surface area contributed by atoms with E-state index in [4.69, 9.17) is 0 Å². The summed E-state index contributed by atoms with van der Waals surface area (Å²) in [7, 11) is 1.68. The van der Waals surface area contributed by atoms with E-state index in [0.29, 0.717) is 12.5 Å². The fourth-order valence-corrected chi connectivity index (χ4v) is 1.78. The van der Waals surface area contributed by atoms with Crippen LogP contribution in [-0.4, -0.2) is 13.6 Å². The number of hydrogen-bond donors (Lipinski definition) is 1. The normalized spacial score (nSPS) is 12.1. The van der Waals surface area contributed by atoms with Gasteiger partial charge in [0.15, 0.2) is 0 Å². The van der Waals surface area contributed by atoms with E-state index in [1.54, 1.807) is 19.2 Å². The van der Waals surface area contributed by atoms with Crippen molar-refractivity contribution in [3.63, 3.8) is 0 Å². The second kappa shape index (κ2) is 6.10. The van der Waals surface area contributed by atoms with E-state index in [1.165, 1.54) is 0 Å². The summed E-state index contributed by atoms with van der Waals surface area (Å²) in [6, 6.07) is 6.71. The van der Waals surface area contributed by atoms with Gasteiger partial charge in [-0.3, -0.25) is 0 Å². The maximum absolute atomic E-state index is 13.7. The maximum Gasteiger partial charge on any atom is 0.274 e. The molecule has 0 heterocycles. The third-order valence-electron chi connectivity index (χ3n) is 2.71. The van der Waals surface area contributed by atoms with Crippen LogP contribution in [0.3, 0.4) is 0 Å². The van der Waals surface area contributed by atoms with Crippen LogP contribution >= 0.6 is 0 Å². The zero-order chi connectivity index (χ0) is 12.9. The van der Waals surface area contributed by atoms with Gasteiger partial charge in [-0.15, -0.1) is 0 Å². The van der Waals surface area contributed by atoms with Crippen LogP contribution < -0.4 is 5.32 Å². The van der Waals surface area contributed by atoms with Crippen LogP contribution in [0.1, 0.15) is 31.4 Å². The molecule has 0 saturated heterocycles. The predicted molar refractivity (Wildman–Crippen MR) is 67.4 cm³/mol. The molecular weight excluding hydrogens is 220 g/mol. The first-order valence-electron chi connectivity index (χ1n) is 6.07. The molecule has 0 spiro atoms. The van der Waals surface area contributed by atoms with Crippen LogP contribution in [-0.2, 0) is 12.3 Å². The van der Waals surface area contributed by atoms with Gasteiger partial charge in [0.2, 0.25) is 0 Å². The molecule has 0 bridgehead atoms. The van der Waals surface area contributed by atoms with Crippen molar-refractivity contribution < 1.29 is 8.78 Å². The van der Waals surface area contributed by atoms with Crippen molar-refractivity contribution in [2.45, 2.75) is 32.6 Å². The molecule has 1 aromatic carbocycles. The zero-order valence-corrected chi connectivity index (χ0v) is 10.8. The van der Waals surface area contributed by atoms with Gasteiger partial charge in [0.1, 0.15) is 0 Å². The Morgan fingerprint density at radius 2 is 1.76 bits per heavy atom. The van der Waals surface area contributed by atoms with Gasteiger partial charge < -0.3 is 5.32 Å². The van der Waals surface area contributed by atoms with E-state index in [2.05, 4.69) is 19.2 Å². The lowest BCUT2D eigenvalue weighted by atomic mass is 9.99. The summed E-state index contributed by atoms with van der Waals surface area (Å²) in [6.45, 7) is 4.56. The third kappa shape index (κ3) is 4.43. The quantitative estimate of drug-likeness (QED) is 0.802. The summed E-state index contributed by atoms with van der Waals surface area (Å²) in [6.07, 6.45) is 0.773. The molecule has 0 unspecified atom stereocenters. The molecular formula is C14H21F2N. The number of rotatable bonds is 6. The first kappa shape index (κ1) is 14.1. The summed E-state index contributed by atoms with van der Waals surface area (Å²) in [5.41, 5.74) is 1.23. The van der Waals surface area contributed by atoms with Gasteiger partial charge in [-0.1, -0.05) is 38.1 Å². The number of halogens is 2. The van der Waals surface area contributed by atoms with Crippen LogP contribution in [0.2, 0.25) is 0 Å². The number of benzene rings is 1. The molecule has 3 heteroatoms. The summed E-state index contributed by atoms with van der Waals surface area (Å²) >= 11 is 0. The Morgan fingerprint density at radius 1 is 1.18 bits per heavy atom. The van der Waals surface area contributed by atoms with Gasteiger partial charge in [-0.05, 0) is 24.9 Å². The Morgan fingerprint density at radius 3 is 2.24 bits per heavy atom. The highest BCUT2D eigenvalue weighted by Crippen LogP contribution is 2.31. The third-order valence-corrected chi connectivity index (χ3v) is 2.71. The average molecular weight is 241 g/mol. The van der Waals surface area contributed by atoms with Crippen molar-refractivity contribution >= 4 is 0 Å². The summed E-state index contributed by atoms with van der Waals surface area (Å²) in [5, 5.41) is 2.75. The van der Waals surface area contributed by atoms with Crippen LogP contribution in [0.15, 0.2) is 24.3 Å². The van der Waals surface area contributed by atoms with Crippen LogP contribution in [0, 0.1) is 5.92 Å². The van der Waals surface area contributed by atoms with E-state index in [-0.39, 0.29) is 12.0 Å². The summed E-state index contributed by atoms with van der Waals surface area (Å²) in [5.74, 6) is -2.19. The Kier molecular flexibility index (Phi) is 5.06. The minimum absolute atomic E-state index is 0.111. The van der Waals surface area contributed by atoms with Gasteiger partial charge >= 0.3 is 0 Å². The number of alkyl halides is 2. The first-order chi connectivity index (χ1) is 7.95. The second-order valence-corrected chi connectivity index (χ2v) is 4.85. The van der Waals surface area contributed by atoms with Crippen molar-refractivity contribution in [2.75, 3.05) is 13.6 Å². The van der Waals surface area contributed by atoms with Crippen molar-refractivity contribution in [3.05, 3.63) is 35.4 Å². The molecule has 0 saturated carbocycles. The molecule has 17 heavy (non-hydrogen) atoms. The minimum atomic E-state index is -2.74. The van der Waals surface area contributed by atoms with E-state index < -0.39 is 5.92 Å². The summed E-state index contributed by atoms with van der Waals surface area (Å²) < 4.78 is 27.4. The van der Waals surface area contributed by atoms with Crippen molar-refractivity contribution in [1.29, 1.82) is 0 Å². The molecule has 1 rings (SSSR count). The largest absolute Gasteiger partial charge is 0.320 e. The average Bonchev–Trinajstić information content (AvgIpc) is 2.26. The van der Waals surface area contributed by atoms with Crippen molar-refractivity contribution in [2.24, 2.45) is 5.92 Å². The Bertz CT molecular complexity index is 331. The van der Waals surface area contributed by atoms with E-state index >= 15 is 0 Å². The molecule has 1 aromatic rings. The molecule has 0 fully saturated rings. The molecule has 0 amide bonds. The Labute approximate surface area is 102 Å². The highest BCUT2D eigenvalue weighted by Gasteiger charge is 2.30. The molecule has 0 atom stereocenters. The van der Waals surface area contributed by atoms with E-state index in [0.717, 1.165) is 12.0 Å². The van der Waals surface area contributed by atoms with Crippen LogP contribution in [0.4, 0.5) is 8.78 Å². The molecule has 0 aliphatic carbocycles. The van der Waals surface area contributed by atoms with Crippen molar-refractivity contribution in [3.8, 4) is 0 Å². The van der Waals surface area contributed by atoms with Crippen molar-refractivity contribution in [1.82, 2.24) is 5.32 Å². The Hall–Kier alpha value is -0.960. The van der Waals surface area contributed by atoms with Crippen LogP contribution in [0.25, 0.3) is 0 Å². The SMILES string of the molecule is CNCCC(F)(F)c1ccc(CC(C)C)cc1. The fourth-order valence-electron chi connectivity index (χ4n) is 1.78. The van der Waals surface area contributed by atoms with Gasteiger partial charge in [0.25, 0.3) is 5.92 Å². The van der Waals surface area contributed by atoms with E-state index in [1.807, 2.05) is 12.1 Å². The maximum atomic E-state index is 13.7. The first-order valence-corrected chi connectivity index (χ1v) is 6.07. The predicted octanol–water partition coefficient (Wildman–Crippen LogP) is 3.59. The molecule has 0 radical (unpaired) electrons. The topological polar surface area (TPSA) is 12.0 Å². The smallest absolute Gasteiger partial charge is 0.274 e. The monoisotopic (exact) mass is 241 g/mol. The lowest BCUT2D eigenvalue weighted by Crippen LogP contribution is -2.20. The lowest BCUT2D eigenvalue weighted by molar-refractivity contribution is -0.0123.